The Morgan fingerprint density at radius 3 is 2.31 bits per heavy atom. The van der Waals surface area contributed by atoms with E-state index < -0.39 is 0 Å². The Hall–Kier alpha value is -1.55. The van der Waals surface area contributed by atoms with Gasteiger partial charge in [0, 0.05) is 19.7 Å². The average Bonchev–Trinajstić information content (AvgIpc) is 2.30. The maximum absolute atomic E-state index is 11.5. The summed E-state index contributed by atoms with van der Waals surface area (Å²) in [6.07, 6.45) is 0. The number of carbonyl (C=O) groups excluding carboxylic acids is 1. The summed E-state index contributed by atoms with van der Waals surface area (Å²) in [4.78, 5) is 11.5. The monoisotopic (exact) mass is 225 g/mol. The number of aliphatic hydroxyl groups is 1. The van der Waals surface area contributed by atoms with Crippen LogP contribution in [0.15, 0.2) is 18.2 Å². The van der Waals surface area contributed by atoms with Gasteiger partial charge in [-0.1, -0.05) is 19.9 Å². The summed E-state index contributed by atoms with van der Waals surface area (Å²) in [5, 5.41) is 18.8. The molecule has 4 nitrogen and oxygen atoms in total. The Labute approximate surface area is 95.9 Å². The Morgan fingerprint density at radius 2 is 1.88 bits per heavy atom. The van der Waals surface area contributed by atoms with Gasteiger partial charge in [0.15, 0.2) is 0 Å². The first-order valence-electron chi connectivity index (χ1n) is 5.06. The molecule has 4 heteroatoms. The van der Waals surface area contributed by atoms with Gasteiger partial charge in [-0.05, 0) is 23.6 Å². The van der Waals surface area contributed by atoms with Crippen molar-refractivity contribution in [2.24, 2.45) is 0 Å². The smallest absolute Gasteiger partial charge is 0.251 e. The topological polar surface area (TPSA) is 69.6 Å². The van der Waals surface area contributed by atoms with E-state index in [0.29, 0.717) is 5.56 Å². The maximum atomic E-state index is 11.5. The number of aromatic hydroxyl groups is 1. The number of hydrogen-bond donors (Lipinski definition) is 3. The van der Waals surface area contributed by atoms with Crippen LogP contribution in [0, 0.1) is 0 Å². The predicted octanol–water partition coefficient (Wildman–Crippen LogP) is 1.48. The molecule has 0 spiro atoms. The molecule has 0 atom stereocenters. The van der Waals surface area contributed by atoms with Crippen LogP contribution in [0.4, 0.5) is 0 Å². The molecule has 1 aromatic carbocycles. The third kappa shape index (κ3) is 3.55. The van der Waals surface area contributed by atoms with Gasteiger partial charge >= 0.3 is 0 Å². The minimum atomic E-state index is -0.162. The lowest BCUT2D eigenvalue weighted by Gasteiger charge is -2.11. The van der Waals surface area contributed by atoms with E-state index in [0.717, 1.165) is 12.7 Å². The molecule has 1 rings (SSSR count). The molecule has 0 radical (unpaired) electrons. The van der Waals surface area contributed by atoms with Crippen LogP contribution in [0.5, 0.6) is 5.75 Å². The van der Waals surface area contributed by atoms with E-state index in [1.165, 1.54) is 6.07 Å². The quantitative estimate of drug-likeness (QED) is 0.714. The Bertz CT molecular complexity index is 348. The number of rotatable bonds is 2. The molecule has 1 aromatic rings. The van der Waals surface area contributed by atoms with Crippen molar-refractivity contribution in [3.63, 3.8) is 0 Å². The van der Waals surface area contributed by atoms with Crippen molar-refractivity contribution in [2.75, 3.05) is 14.2 Å². The lowest BCUT2D eigenvalue weighted by Crippen LogP contribution is -2.19. The number of nitrogens with one attached hydrogen (secondary N) is 1. The lowest BCUT2D eigenvalue weighted by atomic mass is 9.96. The zero-order chi connectivity index (χ0) is 12.7. The van der Waals surface area contributed by atoms with E-state index in [4.69, 9.17) is 5.11 Å². The van der Waals surface area contributed by atoms with Crippen LogP contribution in [-0.2, 0) is 0 Å². The second-order valence-corrected chi connectivity index (χ2v) is 3.51. The first-order valence-corrected chi connectivity index (χ1v) is 5.06. The van der Waals surface area contributed by atoms with Crippen LogP contribution in [0.2, 0.25) is 0 Å². The highest BCUT2D eigenvalue weighted by Gasteiger charge is 2.12. The molecule has 0 fully saturated rings. The van der Waals surface area contributed by atoms with E-state index in [1.54, 1.807) is 19.2 Å². The van der Waals surface area contributed by atoms with Crippen molar-refractivity contribution >= 4 is 5.91 Å². The molecule has 0 heterocycles. The molecule has 0 unspecified atom stereocenters. The molecule has 0 aliphatic heterocycles. The summed E-state index contributed by atoms with van der Waals surface area (Å²) in [7, 11) is 2.58. The molecule has 90 valence electrons. The zero-order valence-electron chi connectivity index (χ0n) is 10.1. The number of carbonyl (C=O) groups is 1. The van der Waals surface area contributed by atoms with E-state index >= 15 is 0 Å². The highest BCUT2D eigenvalue weighted by molar-refractivity contribution is 5.96. The van der Waals surface area contributed by atoms with Crippen molar-refractivity contribution in [2.45, 2.75) is 19.8 Å². The lowest BCUT2D eigenvalue weighted by molar-refractivity contribution is 0.0961. The minimum Gasteiger partial charge on any atom is -0.508 e. The number of aliphatic hydroxyl groups excluding tert-OH is 1. The van der Waals surface area contributed by atoms with Gasteiger partial charge in [0.25, 0.3) is 5.91 Å². The summed E-state index contributed by atoms with van der Waals surface area (Å²) >= 11 is 0. The van der Waals surface area contributed by atoms with Gasteiger partial charge in [0.2, 0.25) is 0 Å². The van der Waals surface area contributed by atoms with Gasteiger partial charge in [-0.15, -0.1) is 0 Å². The van der Waals surface area contributed by atoms with Crippen LogP contribution in [-0.4, -0.2) is 30.3 Å². The van der Waals surface area contributed by atoms with E-state index in [9.17, 15) is 9.90 Å². The van der Waals surface area contributed by atoms with Crippen LogP contribution < -0.4 is 5.32 Å². The number of amides is 1. The number of benzene rings is 1. The molecule has 1 amide bonds. The number of phenolic OH excluding ortho intramolecular Hbond substituents is 1. The van der Waals surface area contributed by atoms with Crippen molar-refractivity contribution in [1.82, 2.24) is 5.32 Å². The third-order valence-corrected chi connectivity index (χ3v) is 2.13. The summed E-state index contributed by atoms with van der Waals surface area (Å²) in [5.41, 5.74) is 1.49. The van der Waals surface area contributed by atoms with Crippen LogP contribution in [0.1, 0.15) is 35.7 Å². The van der Waals surface area contributed by atoms with Crippen molar-refractivity contribution in [1.29, 1.82) is 0 Å². The van der Waals surface area contributed by atoms with Crippen molar-refractivity contribution in [3.8, 4) is 5.75 Å². The van der Waals surface area contributed by atoms with Crippen LogP contribution in [0.3, 0.4) is 0 Å². The molecule has 0 bridgehead atoms. The van der Waals surface area contributed by atoms with Crippen LogP contribution in [0.25, 0.3) is 0 Å². The van der Waals surface area contributed by atoms with E-state index in [2.05, 4.69) is 5.32 Å². The highest BCUT2D eigenvalue weighted by Crippen LogP contribution is 2.23. The van der Waals surface area contributed by atoms with Crippen LogP contribution >= 0.6 is 0 Å². The van der Waals surface area contributed by atoms with E-state index in [-0.39, 0.29) is 17.6 Å². The van der Waals surface area contributed by atoms with Gasteiger partial charge < -0.3 is 15.5 Å². The Balaban J connectivity index is 0.00000106. The molecule has 3 N–H and O–H groups in total. The zero-order valence-corrected chi connectivity index (χ0v) is 10.1. The van der Waals surface area contributed by atoms with Gasteiger partial charge in [-0.2, -0.15) is 0 Å². The van der Waals surface area contributed by atoms with Gasteiger partial charge in [-0.25, -0.2) is 0 Å². The fourth-order valence-corrected chi connectivity index (χ4v) is 1.38. The van der Waals surface area contributed by atoms with Gasteiger partial charge in [-0.3, -0.25) is 4.79 Å². The molecular weight excluding hydrogens is 206 g/mol. The predicted molar refractivity (Wildman–Crippen MR) is 63.7 cm³/mol. The highest BCUT2D eigenvalue weighted by atomic mass is 16.3. The first kappa shape index (κ1) is 14.5. The van der Waals surface area contributed by atoms with Gasteiger partial charge in [0.05, 0.1) is 0 Å². The summed E-state index contributed by atoms with van der Waals surface area (Å²) in [6.45, 7) is 4.03. The second kappa shape index (κ2) is 6.85. The molecule has 16 heavy (non-hydrogen) atoms. The minimum absolute atomic E-state index is 0.119. The largest absolute Gasteiger partial charge is 0.508 e. The molecule has 0 saturated heterocycles. The second-order valence-electron chi connectivity index (χ2n) is 3.51. The molecular formula is C12H19NO3. The molecule has 0 aliphatic rings. The Morgan fingerprint density at radius 1 is 1.31 bits per heavy atom. The average molecular weight is 225 g/mol. The molecule has 0 aromatic heterocycles. The molecule has 0 saturated carbocycles. The number of hydrogen-bond acceptors (Lipinski definition) is 3. The van der Waals surface area contributed by atoms with E-state index in [1.807, 2.05) is 13.8 Å². The summed E-state index contributed by atoms with van der Waals surface area (Å²) in [6, 6.07) is 4.88. The maximum Gasteiger partial charge on any atom is 0.251 e. The van der Waals surface area contributed by atoms with Gasteiger partial charge in [0.1, 0.15) is 5.75 Å². The first-order chi connectivity index (χ1) is 7.56. The Kier molecular flexibility index (Phi) is 6.18. The molecule has 0 aliphatic carbocycles. The normalized spacial score (nSPS) is 9.38. The standard InChI is InChI=1S/C11H15NO2.CH4O/c1-7(2)9-5-4-8(13)6-10(9)11(14)12-3;1-2/h4-7,13H,1-3H3,(H,12,14);2H,1H3. The number of phenols is 1. The van der Waals surface area contributed by atoms with Crippen molar-refractivity contribution in [3.05, 3.63) is 29.3 Å². The summed E-state index contributed by atoms with van der Waals surface area (Å²) < 4.78 is 0. The fraction of sp³-hybridized carbons (Fsp3) is 0.417. The van der Waals surface area contributed by atoms with Crippen molar-refractivity contribution < 1.29 is 15.0 Å². The summed E-state index contributed by atoms with van der Waals surface area (Å²) in [5.74, 6) is 0.223. The third-order valence-electron chi connectivity index (χ3n) is 2.13. The fourth-order valence-electron chi connectivity index (χ4n) is 1.38. The SMILES string of the molecule is CNC(=O)c1cc(O)ccc1C(C)C.CO.